The smallest absolute Gasteiger partial charge is 0.326 e. The number of carbonyl (C=O) groups excluding carboxylic acids is 1. The Kier molecular flexibility index (Phi) is 3.32. The van der Waals surface area contributed by atoms with Gasteiger partial charge >= 0.3 is 5.97 Å². The fraction of sp³-hybridized carbons (Fsp3) is 0.364. The number of rotatable bonds is 2. The Bertz CT molecular complexity index is 345. The van der Waals surface area contributed by atoms with E-state index in [9.17, 15) is 4.79 Å². The highest BCUT2D eigenvalue weighted by Crippen LogP contribution is 2.33. The van der Waals surface area contributed by atoms with E-state index in [2.05, 4.69) is 15.9 Å². The Labute approximate surface area is 92.4 Å². The number of benzene rings is 1. The maximum Gasteiger partial charge on any atom is 0.326 e. The highest BCUT2D eigenvalue weighted by molar-refractivity contribution is 9.10. The molecule has 2 nitrogen and oxygen atoms in total. The molecule has 14 heavy (non-hydrogen) atoms. The summed E-state index contributed by atoms with van der Waals surface area (Å²) in [6.07, 6.45) is 0. The van der Waals surface area contributed by atoms with Gasteiger partial charge in [0.15, 0.2) is 0 Å². The maximum absolute atomic E-state index is 11.5. The molecular formula is C11H13BrO2. The summed E-state index contributed by atoms with van der Waals surface area (Å²) in [4.78, 5) is 11.5. The number of hydrogen-bond donors (Lipinski definition) is 0. The second-order valence-corrected chi connectivity index (χ2v) is 4.90. The van der Waals surface area contributed by atoms with Crippen molar-refractivity contribution < 1.29 is 9.53 Å². The molecule has 0 radical (unpaired) electrons. The number of halogens is 1. The van der Waals surface area contributed by atoms with Gasteiger partial charge in [0, 0.05) is 0 Å². The van der Waals surface area contributed by atoms with E-state index in [1.807, 2.05) is 31.2 Å². The van der Waals surface area contributed by atoms with Gasteiger partial charge in [-0.15, -0.1) is 0 Å². The zero-order valence-corrected chi connectivity index (χ0v) is 10.1. The molecule has 0 fully saturated rings. The van der Waals surface area contributed by atoms with Crippen molar-refractivity contribution in [2.75, 3.05) is 7.11 Å². The molecule has 0 N–H and O–H groups in total. The zero-order chi connectivity index (χ0) is 10.8. The summed E-state index contributed by atoms with van der Waals surface area (Å²) in [5.41, 5.74) is 2.00. The normalized spacial score (nSPS) is 14.6. The molecule has 1 aromatic carbocycles. The Morgan fingerprint density at radius 3 is 2.50 bits per heavy atom. The molecule has 0 aliphatic heterocycles. The third-order valence-corrected chi connectivity index (χ3v) is 2.97. The van der Waals surface area contributed by atoms with Gasteiger partial charge in [-0.3, -0.25) is 4.79 Å². The zero-order valence-electron chi connectivity index (χ0n) is 8.50. The topological polar surface area (TPSA) is 26.3 Å². The summed E-state index contributed by atoms with van der Waals surface area (Å²) in [5, 5.41) is 0. The van der Waals surface area contributed by atoms with Crippen LogP contribution >= 0.6 is 15.9 Å². The van der Waals surface area contributed by atoms with E-state index >= 15 is 0 Å². The Morgan fingerprint density at radius 2 is 2.00 bits per heavy atom. The Morgan fingerprint density at radius 1 is 1.43 bits per heavy atom. The first-order chi connectivity index (χ1) is 6.50. The molecule has 1 aromatic rings. The number of methoxy groups -OCH3 is 1. The van der Waals surface area contributed by atoms with Gasteiger partial charge in [0.05, 0.1) is 7.11 Å². The van der Waals surface area contributed by atoms with Gasteiger partial charge < -0.3 is 4.74 Å². The van der Waals surface area contributed by atoms with Crippen LogP contribution in [-0.4, -0.2) is 13.1 Å². The summed E-state index contributed by atoms with van der Waals surface area (Å²) in [5.74, 6) is -0.285. The minimum Gasteiger partial charge on any atom is -0.468 e. The van der Waals surface area contributed by atoms with Crippen LogP contribution in [0, 0.1) is 6.92 Å². The van der Waals surface area contributed by atoms with Gasteiger partial charge in [0.25, 0.3) is 0 Å². The molecule has 76 valence electrons. The van der Waals surface area contributed by atoms with Crippen LogP contribution in [0.15, 0.2) is 24.3 Å². The summed E-state index contributed by atoms with van der Waals surface area (Å²) < 4.78 is 3.98. The van der Waals surface area contributed by atoms with E-state index in [4.69, 9.17) is 4.74 Å². The number of carbonyl (C=O) groups is 1. The average molecular weight is 257 g/mol. The van der Waals surface area contributed by atoms with Crippen LogP contribution in [-0.2, 0) is 13.9 Å². The first kappa shape index (κ1) is 11.2. The number of alkyl halides is 1. The van der Waals surface area contributed by atoms with Gasteiger partial charge in [-0.2, -0.15) is 0 Å². The molecular weight excluding hydrogens is 244 g/mol. The molecule has 0 aromatic heterocycles. The van der Waals surface area contributed by atoms with Crippen LogP contribution in [0.1, 0.15) is 18.1 Å². The molecule has 3 heteroatoms. The predicted molar refractivity (Wildman–Crippen MR) is 59.5 cm³/mol. The van der Waals surface area contributed by atoms with Crippen LogP contribution in [0.4, 0.5) is 0 Å². The molecule has 1 atom stereocenters. The van der Waals surface area contributed by atoms with Crippen LogP contribution in [0.2, 0.25) is 0 Å². The van der Waals surface area contributed by atoms with Crippen molar-refractivity contribution in [3.63, 3.8) is 0 Å². The molecule has 0 heterocycles. The van der Waals surface area contributed by atoms with Crippen LogP contribution in [0.5, 0.6) is 0 Å². The summed E-state index contributed by atoms with van der Waals surface area (Å²) in [7, 11) is 1.39. The highest BCUT2D eigenvalue weighted by atomic mass is 79.9. The Hall–Kier alpha value is -0.830. The molecule has 1 unspecified atom stereocenters. The van der Waals surface area contributed by atoms with E-state index in [0.717, 1.165) is 11.1 Å². The minimum atomic E-state index is -0.757. The molecule has 0 saturated heterocycles. The van der Waals surface area contributed by atoms with Gasteiger partial charge in [0.1, 0.15) is 4.32 Å². The minimum absolute atomic E-state index is 0.285. The monoisotopic (exact) mass is 256 g/mol. The van der Waals surface area contributed by atoms with E-state index in [0.29, 0.717) is 0 Å². The van der Waals surface area contributed by atoms with Crippen LogP contribution in [0.25, 0.3) is 0 Å². The Balaban J connectivity index is 3.16. The molecule has 0 amide bonds. The van der Waals surface area contributed by atoms with E-state index in [-0.39, 0.29) is 5.97 Å². The number of ether oxygens (including phenoxy) is 1. The second kappa shape index (κ2) is 4.13. The van der Waals surface area contributed by atoms with Crippen molar-refractivity contribution in [3.8, 4) is 0 Å². The lowest BCUT2D eigenvalue weighted by Gasteiger charge is -2.21. The number of esters is 1. The molecule has 0 aliphatic carbocycles. The number of aryl methyl sites for hydroxylation is 1. The first-order valence-electron chi connectivity index (χ1n) is 4.33. The third kappa shape index (κ3) is 1.98. The summed E-state index contributed by atoms with van der Waals surface area (Å²) in [6, 6.07) is 7.74. The van der Waals surface area contributed by atoms with Crippen molar-refractivity contribution in [2.45, 2.75) is 18.2 Å². The predicted octanol–water partition coefficient (Wildman–Crippen LogP) is 2.78. The van der Waals surface area contributed by atoms with Crippen molar-refractivity contribution >= 4 is 21.9 Å². The summed E-state index contributed by atoms with van der Waals surface area (Å²) in [6.45, 7) is 3.76. The first-order valence-corrected chi connectivity index (χ1v) is 5.13. The van der Waals surface area contributed by atoms with Gasteiger partial charge in [0.2, 0.25) is 0 Å². The quantitative estimate of drug-likeness (QED) is 0.601. The van der Waals surface area contributed by atoms with E-state index in [1.54, 1.807) is 6.92 Å². The van der Waals surface area contributed by atoms with Crippen molar-refractivity contribution in [1.29, 1.82) is 0 Å². The van der Waals surface area contributed by atoms with Crippen molar-refractivity contribution in [3.05, 3.63) is 35.4 Å². The van der Waals surface area contributed by atoms with Crippen LogP contribution in [0.3, 0.4) is 0 Å². The molecule has 0 spiro atoms. The fourth-order valence-corrected chi connectivity index (χ4v) is 2.01. The SMILES string of the molecule is COC(=O)C(C)(Br)c1ccccc1C. The highest BCUT2D eigenvalue weighted by Gasteiger charge is 2.34. The number of hydrogen-bond acceptors (Lipinski definition) is 2. The summed E-state index contributed by atoms with van der Waals surface area (Å²) >= 11 is 3.39. The largest absolute Gasteiger partial charge is 0.468 e. The molecule has 0 aliphatic rings. The second-order valence-electron chi connectivity index (χ2n) is 3.31. The third-order valence-electron chi connectivity index (χ3n) is 2.22. The van der Waals surface area contributed by atoms with E-state index in [1.165, 1.54) is 7.11 Å². The van der Waals surface area contributed by atoms with Crippen molar-refractivity contribution in [2.24, 2.45) is 0 Å². The lowest BCUT2D eigenvalue weighted by Crippen LogP contribution is -2.27. The van der Waals surface area contributed by atoms with Gasteiger partial charge in [-0.05, 0) is 25.0 Å². The van der Waals surface area contributed by atoms with Gasteiger partial charge in [-0.25, -0.2) is 0 Å². The molecule has 0 saturated carbocycles. The van der Waals surface area contributed by atoms with Crippen molar-refractivity contribution in [1.82, 2.24) is 0 Å². The van der Waals surface area contributed by atoms with Crippen LogP contribution < -0.4 is 0 Å². The lowest BCUT2D eigenvalue weighted by molar-refractivity contribution is -0.143. The van der Waals surface area contributed by atoms with E-state index < -0.39 is 4.32 Å². The molecule has 0 bridgehead atoms. The molecule has 1 rings (SSSR count). The average Bonchev–Trinajstić information content (AvgIpc) is 2.17. The fourth-order valence-electron chi connectivity index (χ4n) is 1.40. The maximum atomic E-state index is 11.5. The lowest BCUT2D eigenvalue weighted by atomic mass is 9.96. The van der Waals surface area contributed by atoms with Gasteiger partial charge in [-0.1, -0.05) is 40.2 Å². The standard InChI is InChI=1S/C11H13BrO2/c1-8-6-4-5-7-9(8)11(2,12)10(13)14-3/h4-7H,1-3H3.